The topological polar surface area (TPSA) is 81.0 Å². The predicted octanol–water partition coefficient (Wildman–Crippen LogP) is 4.57. The molecule has 0 atom stereocenters. The summed E-state index contributed by atoms with van der Waals surface area (Å²) in [5, 5.41) is 4.21. The van der Waals surface area contributed by atoms with E-state index in [1.54, 1.807) is 25.1 Å². The lowest BCUT2D eigenvalue weighted by Crippen LogP contribution is -2.38. The summed E-state index contributed by atoms with van der Waals surface area (Å²) in [5.74, 6) is 0.711. The molecule has 34 heavy (non-hydrogen) atoms. The number of benzene rings is 2. The van der Waals surface area contributed by atoms with E-state index < -0.39 is 11.7 Å². The Balaban J connectivity index is 1.50. The fourth-order valence-corrected chi connectivity index (χ4v) is 3.98. The molecule has 1 aliphatic rings. The molecule has 1 aromatic heterocycles. The number of hydrogen-bond acceptors (Lipinski definition) is 6. The van der Waals surface area contributed by atoms with Crippen molar-refractivity contribution >= 4 is 28.2 Å². The number of furan rings is 1. The molecule has 3 aromatic rings. The zero-order chi connectivity index (χ0) is 24.3. The Morgan fingerprint density at radius 1 is 1.06 bits per heavy atom. The van der Waals surface area contributed by atoms with Crippen LogP contribution in [0.5, 0.6) is 5.75 Å². The fourth-order valence-electron chi connectivity index (χ4n) is 3.98. The molecule has 180 valence electrons. The number of ether oxygens (including phenoxy) is 2. The standard InChI is InChI=1S/C27H32N2O5/c1-18-22(17-24(34-18)27(2,3)4)28-26(31)25(30)21-9-10-23(20-8-6-5-7-19(20)21)33-16-13-29-11-14-32-15-12-29/h5-10,17H,11-16H2,1-4H3,(H,28,31). The normalized spacial score (nSPS) is 14.8. The third-order valence-corrected chi connectivity index (χ3v) is 6.01. The lowest BCUT2D eigenvalue weighted by Gasteiger charge is -2.26. The highest BCUT2D eigenvalue weighted by Crippen LogP contribution is 2.31. The Hall–Kier alpha value is -3.16. The van der Waals surface area contributed by atoms with Gasteiger partial charge in [0.05, 0.1) is 18.9 Å². The first-order valence-electron chi connectivity index (χ1n) is 11.7. The average molecular weight is 465 g/mol. The highest BCUT2D eigenvalue weighted by Gasteiger charge is 2.24. The van der Waals surface area contributed by atoms with Gasteiger partial charge in [0.1, 0.15) is 23.9 Å². The van der Waals surface area contributed by atoms with Gasteiger partial charge >= 0.3 is 0 Å². The van der Waals surface area contributed by atoms with Gasteiger partial charge in [-0.3, -0.25) is 14.5 Å². The first-order valence-corrected chi connectivity index (χ1v) is 11.7. The number of aryl methyl sites for hydroxylation is 1. The average Bonchev–Trinajstić information content (AvgIpc) is 3.20. The molecule has 0 saturated carbocycles. The molecule has 2 heterocycles. The van der Waals surface area contributed by atoms with Crippen molar-refractivity contribution in [2.24, 2.45) is 0 Å². The second-order valence-electron chi connectivity index (χ2n) is 9.57. The Labute approximate surface area is 200 Å². The van der Waals surface area contributed by atoms with E-state index in [0.29, 0.717) is 34.8 Å². The van der Waals surface area contributed by atoms with E-state index in [1.165, 1.54) is 0 Å². The van der Waals surface area contributed by atoms with Gasteiger partial charge in [-0.15, -0.1) is 0 Å². The lowest BCUT2D eigenvalue weighted by molar-refractivity contribution is -0.112. The van der Waals surface area contributed by atoms with Crippen LogP contribution >= 0.6 is 0 Å². The van der Waals surface area contributed by atoms with Crippen LogP contribution in [0.2, 0.25) is 0 Å². The second kappa shape index (κ2) is 9.99. The van der Waals surface area contributed by atoms with Gasteiger partial charge in [-0.1, -0.05) is 45.0 Å². The Bertz CT molecular complexity index is 1190. The summed E-state index contributed by atoms with van der Waals surface area (Å²) in [5.41, 5.74) is 0.646. The number of Topliss-reactive ketones (excluding diaryl/α,β-unsaturated/α-hetero) is 1. The molecule has 0 spiro atoms. The summed E-state index contributed by atoms with van der Waals surface area (Å²) < 4.78 is 17.2. The maximum Gasteiger partial charge on any atom is 0.296 e. The number of ketones is 1. The highest BCUT2D eigenvalue weighted by molar-refractivity contribution is 6.48. The van der Waals surface area contributed by atoms with Crippen molar-refractivity contribution in [1.29, 1.82) is 0 Å². The molecule has 1 N–H and O–H groups in total. The van der Waals surface area contributed by atoms with E-state index in [1.807, 2.05) is 45.0 Å². The van der Waals surface area contributed by atoms with Crippen molar-refractivity contribution in [2.45, 2.75) is 33.1 Å². The summed E-state index contributed by atoms with van der Waals surface area (Å²) in [6, 6.07) is 12.7. The molecule has 0 aliphatic carbocycles. The van der Waals surface area contributed by atoms with Crippen LogP contribution in [0.3, 0.4) is 0 Å². The molecule has 1 fully saturated rings. The third-order valence-electron chi connectivity index (χ3n) is 6.01. The molecule has 7 heteroatoms. The van der Waals surface area contributed by atoms with Crippen molar-refractivity contribution in [3.8, 4) is 5.75 Å². The molecular formula is C27H32N2O5. The minimum atomic E-state index is -0.699. The van der Waals surface area contributed by atoms with Crippen LogP contribution < -0.4 is 10.1 Å². The van der Waals surface area contributed by atoms with Gasteiger partial charge < -0.3 is 19.2 Å². The smallest absolute Gasteiger partial charge is 0.296 e. The van der Waals surface area contributed by atoms with Gasteiger partial charge in [-0.05, 0) is 24.4 Å². The predicted molar refractivity (Wildman–Crippen MR) is 132 cm³/mol. The molecule has 2 aromatic carbocycles. The number of fused-ring (bicyclic) bond motifs is 1. The Kier molecular flexibility index (Phi) is 7.05. The van der Waals surface area contributed by atoms with Gasteiger partial charge in [-0.2, -0.15) is 0 Å². The van der Waals surface area contributed by atoms with E-state index in [-0.39, 0.29) is 5.41 Å². The Morgan fingerprint density at radius 2 is 1.76 bits per heavy atom. The van der Waals surface area contributed by atoms with Crippen molar-refractivity contribution in [2.75, 3.05) is 44.8 Å². The Morgan fingerprint density at radius 3 is 2.44 bits per heavy atom. The van der Waals surface area contributed by atoms with E-state index in [9.17, 15) is 9.59 Å². The highest BCUT2D eigenvalue weighted by atomic mass is 16.5. The molecule has 1 amide bonds. The molecule has 0 unspecified atom stereocenters. The molecule has 4 rings (SSSR count). The lowest BCUT2D eigenvalue weighted by atomic mass is 9.93. The largest absolute Gasteiger partial charge is 0.492 e. The number of morpholine rings is 1. The SMILES string of the molecule is Cc1oc(C(C)(C)C)cc1NC(=O)C(=O)c1ccc(OCCN2CCOCC2)c2ccccc12. The van der Waals surface area contributed by atoms with Crippen LogP contribution in [0.15, 0.2) is 46.9 Å². The van der Waals surface area contributed by atoms with Gasteiger partial charge in [0.15, 0.2) is 0 Å². The monoisotopic (exact) mass is 464 g/mol. The maximum atomic E-state index is 13.1. The maximum absolute atomic E-state index is 13.1. The van der Waals surface area contributed by atoms with Crippen LogP contribution in [-0.4, -0.2) is 56.0 Å². The number of nitrogens with one attached hydrogen (secondary N) is 1. The van der Waals surface area contributed by atoms with Crippen molar-refractivity contribution in [3.05, 3.63) is 59.5 Å². The number of carbonyl (C=O) groups is 2. The van der Waals surface area contributed by atoms with E-state index in [4.69, 9.17) is 13.9 Å². The number of carbonyl (C=O) groups excluding carboxylic acids is 2. The summed E-state index contributed by atoms with van der Waals surface area (Å²) in [7, 11) is 0. The van der Waals surface area contributed by atoms with Gasteiger partial charge in [0, 0.05) is 42.1 Å². The van der Waals surface area contributed by atoms with Gasteiger partial charge in [-0.25, -0.2) is 0 Å². The van der Waals surface area contributed by atoms with Crippen molar-refractivity contribution in [1.82, 2.24) is 4.90 Å². The van der Waals surface area contributed by atoms with Crippen molar-refractivity contribution < 1.29 is 23.5 Å². The first-order chi connectivity index (χ1) is 16.2. The van der Waals surface area contributed by atoms with Crippen molar-refractivity contribution in [3.63, 3.8) is 0 Å². The van der Waals surface area contributed by atoms with Crippen LogP contribution in [0, 0.1) is 6.92 Å². The molecule has 1 aliphatic heterocycles. The summed E-state index contributed by atoms with van der Waals surface area (Å²) in [6.07, 6.45) is 0. The molecule has 0 radical (unpaired) electrons. The number of anilines is 1. The van der Waals surface area contributed by atoms with E-state index >= 15 is 0 Å². The van der Waals surface area contributed by atoms with E-state index in [2.05, 4.69) is 10.2 Å². The quantitative estimate of drug-likeness (QED) is 0.408. The zero-order valence-corrected chi connectivity index (χ0v) is 20.3. The first kappa shape index (κ1) is 24.0. The number of rotatable bonds is 7. The number of hydrogen-bond donors (Lipinski definition) is 1. The zero-order valence-electron chi connectivity index (χ0n) is 20.3. The molecule has 7 nitrogen and oxygen atoms in total. The molecule has 1 saturated heterocycles. The van der Waals surface area contributed by atoms with Gasteiger partial charge in [0.25, 0.3) is 11.7 Å². The molecule has 0 bridgehead atoms. The number of nitrogens with zero attached hydrogens (tertiary/aromatic N) is 1. The molecular weight excluding hydrogens is 432 g/mol. The number of amides is 1. The second-order valence-corrected chi connectivity index (χ2v) is 9.57. The van der Waals surface area contributed by atoms with Crippen LogP contribution in [0.4, 0.5) is 5.69 Å². The van der Waals surface area contributed by atoms with Crippen LogP contribution in [0.25, 0.3) is 10.8 Å². The fraction of sp³-hybridized carbons (Fsp3) is 0.407. The summed E-state index contributed by atoms with van der Waals surface area (Å²) in [6.45, 7) is 12.5. The summed E-state index contributed by atoms with van der Waals surface area (Å²) in [4.78, 5) is 28.3. The van der Waals surface area contributed by atoms with E-state index in [0.717, 1.165) is 44.0 Å². The minimum Gasteiger partial charge on any atom is -0.492 e. The van der Waals surface area contributed by atoms with Crippen LogP contribution in [-0.2, 0) is 14.9 Å². The minimum absolute atomic E-state index is 0.203. The van der Waals surface area contributed by atoms with Crippen LogP contribution in [0.1, 0.15) is 42.6 Å². The third kappa shape index (κ3) is 5.32. The van der Waals surface area contributed by atoms with Gasteiger partial charge in [0.2, 0.25) is 0 Å². The summed E-state index contributed by atoms with van der Waals surface area (Å²) >= 11 is 0.